The van der Waals surface area contributed by atoms with Crippen molar-refractivity contribution in [2.75, 3.05) is 0 Å². The molecular weight excluding hydrogens is 244 g/mol. The van der Waals surface area contributed by atoms with Crippen molar-refractivity contribution in [1.82, 2.24) is 0 Å². The fourth-order valence-electron chi connectivity index (χ4n) is 2.92. The smallest absolute Gasteiger partial charge is 0.314 e. The Hall–Kier alpha value is -2.10. The second-order valence-corrected chi connectivity index (χ2v) is 5.00. The first kappa shape index (κ1) is 12.0. The lowest BCUT2D eigenvalue weighted by Crippen LogP contribution is -2.24. The van der Waals surface area contributed by atoms with Gasteiger partial charge in [0.15, 0.2) is 0 Å². The van der Waals surface area contributed by atoms with E-state index in [1.807, 2.05) is 19.9 Å². The third kappa shape index (κ3) is 1.84. The van der Waals surface area contributed by atoms with E-state index < -0.39 is 11.9 Å². The number of carbonyl (C=O) groups is 2. The van der Waals surface area contributed by atoms with Crippen LogP contribution in [0, 0.1) is 13.8 Å². The van der Waals surface area contributed by atoms with Crippen LogP contribution in [-0.4, -0.2) is 11.9 Å². The van der Waals surface area contributed by atoms with Crippen LogP contribution in [0.2, 0.25) is 0 Å². The molecule has 0 unspecified atom stereocenters. The van der Waals surface area contributed by atoms with E-state index in [1.165, 1.54) is 5.56 Å². The lowest BCUT2D eigenvalue weighted by atomic mass is 9.88. The van der Waals surface area contributed by atoms with Crippen LogP contribution >= 0.6 is 0 Å². The lowest BCUT2D eigenvalue weighted by molar-refractivity contribution is -0.163. The Morgan fingerprint density at radius 1 is 1.05 bits per heavy atom. The molecule has 19 heavy (non-hydrogen) atoms. The van der Waals surface area contributed by atoms with Gasteiger partial charge in [0.1, 0.15) is 0 Å². The quantitative estimate of drug-likeness (QED) is 0.583. The Morgan fingerprint density at radius 2 is 1.74 bits per heavy atom. The van der Waals surface area contributed by atoms with Gasteiger partial charge in [0.2, 0.25) is 0 Å². The summed E-state index contributed by atoms with van der Waals surface area (Å²) in [5.74, 6) is -0.997. The van der Waals surface area contributed by atoms with Gasteiger partial charge in [-0.2, -0.15) is 0 Å². The maximum atomic E-state index is 11.4. The Balaban J connectivity index is 2.13. The molecule has 98 valence electrons. The van der Waals surface area contributed by atoms with Crippen molar-refractivity contribution in [3.63, 3.8) is 0 Å². The van der Waals surface area contributed by atoms with Crippen molar-refractivity contribution in [1.29, 1.82) is 0 Å². The first-order valence-corrected chi connectivity index (χ1v) is 6.26. The van der Waals surface area contributed by atoms with Crippen LogP contribution in [0.25, 0.3) is 11.1 Å². The number of hydrogen-bond donors (Lipinski definition) is 0. The van der Waals surface area contributed by atoms with E-state index in [0.717, 1.165) is 22.3 Å². The number of ether oxygens (including phenoxy) is 1. The molecule has 2 aliphatic heterocycles. The molecule has 0 atom stereocenters. The van der Waals surface area contributed by atoms with Crippen LogP contribution in [0.3, 0.4) is 0 Å². The zero-order valence-electron chi connectivity index (χ0n) is 10.9. The molecule has 3 rings (SSSR count). The SMILES string of the molecule is Cc1c2ccocc-2c(C2CC(=O)OC(=O)C2)c1C. The van der Waals surface area contributed by atoms with Crippen molar-refractivity contribution >= 4 is 11.9 Å². The number of carbonyl (C=O) groups excluding carboxylic acids is 2. The second kappa shape index (κ2) is 4.23. The average Bonchev–Trinajstić information content (AvgIpc) is 2.61. The van der Waals surface area contributed by atoms with Crippen LogP contribution in [0.4, 0.5) is 0 Å². The van der Waals surface area contributed by atoms with Crippen molar-refractivity contribution < 1.29 is 18.7 Å². The van der Waals surface area contributed by atoms with Crippen molar-refractivity contribution in [2.45, 2.75) is 32.6 Å². The van der Waals surface area contributed by atoms with Crippen molar-refractivity contribution in [3.05, 3.63) is 35.3 Å². The Bertz CT molecular complexity index is 622. The molecule has 1 aliphatic carbocycles. The van der Waals surface area contributed by atoms with Gasteiger partial charge in [-0.05, 0) is 42.2 Å². The first-order chi connectivity index (χ1) is 9.08. The lowest BCUT2D eigenvalue weighted by Gasteiger charge is -2.21. The largest absolute Gasteiger partial charge is 0.472 e. The maximum Gasteiger partial charge on any atom is 0.314 e. The van der Waals surface area contributed by atoms with Crippen LogP contribution in [0.15, 0.2) is 23.0 Å². The van der Waals surface area contributed by atoms with Crippen molar-refractivity contribution in [3.8, 4) is 11.1 Å². The molecule has 0 radical (unpaired) electrons. The monoisotopic (exact) mass is 258 g/mol. The molecule has 0 amide bonds. The average molecular weight is 258 g/mol. The summed E-state index contributed by atoms with van der Waals surface area (Å²) in [7, 11) is 0. The molecule has 0 saturated carbocycles. The maximum absolute atomic E-state index is 11.4. The molecule has 3 aliphatic rings. The minimum atomic E-state index is -0.444. The zero-order chi connectivity index (χ0) is 13.6. The van der Waals surface area contributed by atoms with E-state index in [-0.39, 0.29) is 18.8 Å². The first-order valence-electron chi connectivity index (χ1n) is 6.26. The van der Waals surface area contributed by atoms with Crippen molar-refractivity contribution in [2.24, 2.45) is 0 Å². The van der Waals surface area contributed by atoms with Gasteiger partial charge in [-0.3, -0.25) is 9.59 Å². The molecule has 0 aromatic rings. The molecule has 0 spiro atoms. The minimum Gasteiger partial charge on any atom is -0.472 e. The predicted molar refractivity (Wildman–Crippen MR) is 67.9 cm³/mol. The highest BCUT2D eigenvalue weighted by Gasteiger charge is 2.33. The molecule has 4 nitrogen and oxygen atoms in total. The Morgan fingerprint density at radius 3 is 2.42 bits per heavy atom. The number of esters is 2. The highest BCUT2D eigenvalue weighted by molar-refractivity contribution is 5.90. The summed E-state index contributed by atoms with van der Waals surface area (Å²) in [6.45, 7) is 4.07. The van der Waals surface area contributed by atoms with Gasteiger partial charge in [0.05, 0.1) is 25.4 Å². The van der Waals surface area contributed by atoms with E-state index in [2.05, 4.69) is 4.74 Å². The van der Waals surface area contributed by atoms with E-state index in [0.29, 0.717) is 0 Å². The van der Waals surface area contributed by atoms with Gasteiger partial charge < -0.3 is 9.15 Å². The summed E-state index contributed by atoms with van der Waals surface area (Å²) in [5.41, 5.74) is 5.45. The van der Waals surface area contributed by atoms with E-state index in [4.69, 9.17) is 4.42 Å². The van der Waals surface area contributed by atoms with Gasteiger partial charge in [-0.1, -0.05) is 0 Å². The molecule has 4 heteroatoms. The Labute approximate surface area is 110 Å². The summed E-state index contributed by atoms with van der Waals surface area (Å²) >= 11 is 0. The summed E-state index contributed by atoms with van der Waals surface area (Å²) in [6, 6.07) is 1.92. The van der Waals surface area contributed by atoms with Crippen LogP contribution in [-0.2, 0) is 14.3 Å². The topological polar surface area (TPSA) is 56.5 Å². The normalized spacial score (nSPS) is 16.9. The standard InChI is InChI=1S/C15H14O4/c1-8-9(2)15(12-7-18-4-3-11(8)12)10-5-13(16)19-14(17)6-10/h3-4,7,10H,5-6H2,1-2H3. The summed E-state index contributed by atoms with van der Waals surface area (Å²) < 4.78 is 9.84. The van der Waals surface area contributed by atoms with Crippen LogP contribution in [0.5, 0.6) is 0 Å². The van der Waals surface area contributed by atoms with E-state index in [9.17, 15) is 9.59 Å². The van der Waals surface area contributed by atoms with Gasteiger partial charge in [-0.25, -0.2) is 0 Å². The molecule has 0 bridgehead atoms. The van der Waals surface area contributed by atoms with Crippen LogP contribution in [0.1, 0.15) is 35.4 Å². The van der Waals surface area contributed by atoms with Gasteiger partial charge in [0.25, 0.3) is 0 Å². The fraction of sp³-hybridized carbons (Fsp3) is 0.333. The Kier molecular flexibility index (Phi) is 2.66. The third-order valence-corrected chi connectivity index (χ3v) is 3.91. The fourth-order valence-corrected chi connectivity index (χ4v) is 2.92. The summed E-state index contributed by atoms with van der Waals surface area (Å²) in [5, 5.41) is 0. The summed E-state index contributed by atoms with van der Waals surface area (Å²) in [6.07, 6.45) is 3.83. The zero-order valence-corrected chi connectivity index (χ0v) is 10.9. The molecule has 0 aromatic carbocycles. The minimum absolute atomic E-state index is 0.109. The number of rotatable bonds is 1. The van der Waals surface area contributed by atoms with E-state index in [1.54, 1.807) is 12.5 Å². The van der Waals surface area contributed by atoms with Gasteiger partial charge in [-0.15, -0.1) is 0 Å². The molecule has 0 aromatic heterocycles. The number of fused-ring (bicyclic) bond motifs is 1. The molecule has 0 N–H and O–H groups in total. The van der Waals surface area contributed by atoms with Crippen LogP contribution < -0.4 is 0 Å². The van der Waals surface area contributed by atoms with E-state index >= 15 is 0 Å². The molecule has 1 saturated heterocycles. The second-order valence-electron chi connectivity index (χ2n) is 5.00. The molecular formula is C15H14O4. The van der Waals surface area contributed by atoms with Gasteiger partial charge in [0, 0.05) is 11.5 Å². The highest BCUT2D eigenvalue weighted by atomic mass is 16.6. The number of hydrogen-bond acceptors (Lipinski definition) is 4. The highest BCUT2D eigenvalue weighted by Crippen LogP contribution is 2.43. The molecule has 2 heterocycles. The molecule has 1 fully saturated rings. The third-order valence-electron chi connectivity index (χ3n) is 3.91. The predicted octanol–water partition coefficient (Wildman–Crippen LogP) is 2.95. The van der Waals surface area contributed by atoms with Gasteiger partial charge >= 0.3 is 11.9 Å². The summed E-state index contributed by atoms with van der Waals surface area (Å²) in [4.78, 5) is 22.9. The number of cyclic esters (lactones) is 2.